The van der Waals surface area contributed by atoms with Crippen LogP contribution in [0.1, 0.15) is 21.7 Å². The second-order valence-corrected chi connectivity index (χ2v) is 6.90. The third-order valence-electron chi connectivity index (χ3n) is 4.91. The maximum Gasteiger partial charge on any atom is 0.350 e. The smallest absolute Gasteiger partial charge is 0.350 e. The molecule has 0 N–H and O–H groups in total. The molecule has 0 saturated carbocycles. The summed E-state index contributed by atoms with van der Waals surface area (Å²) in [7, 11) is 1.44. The van der Waals surface area contributed by atoms with Crippen molar-refractivity contribution in [2.75, 3.05) is 7.11 Å². The maximum absolute atomic E-state index is 13.1. The molecule has 148 valence electrons. The van der Waals surface area contributed by atoms with Crippen LogP contribution in [0.3, 0.4) is 0 Å². The molecule has 7 heteroatoms. The van der Waals surface area contributed by atoms with Crippen molar-refractivity contribution in [1.82, 2.24) is 0 Å². The lowest BCUT2D eigenvalue weighted by atomic mass is 10.1. The highest BCUT2D eigenvalue weighted by molar-refractivity contribution is 6.10. The van der Waals surface area contributed by atoms with E-state index in [0.717, 1.165) is 10.9 Å². The number of carbonyl (C=O) groups is 1. The van der Waals surface area contributed by atoms with Gasteiger partial charge in [0.15, 0.2) is 5.76 Å². The molecule has 0 unspecified atom stereocenters. The first-order valence-electron chi connectivity index (χ1n) is 9.09. The third-order valence-corrected chi connectivity index (χ3v) is 4.91. The van der Waals surface area contributed by atoms with Gasteiger partial charge in [-0.05, 0) is 42.8 Å². The van der Waals surface area contributed by atoms with Gasteiger partial charge in [0.2, 0.25) is 11.2 Å². The van der Waals surface area contributed by atoms with Gasteiger partial charge in [-0.3, -0.25) is 9.59 Å². The molecule has 30 heavy (non-hydrogen) atoms. The summed E-state index contributed by atoms with van der Waals surface area (Å²) in [6.07, 6.45) is 0. The number of rotatable bonds is 3. The van der Waals surface area contributed by atoms with Crippen LogP contribution in [0.15, 0.2) is 71.4 Å². The molecule has 5 rings (SSSR count). The molecule has 0 fully saturated rings. The minimum absolute atomic E-state index is 0.0266. The van der Waals surface area contributed by atoms with E-state index in [0.29, 0.717) is 11.3 Å². The fourth-order valence-corrected chi connectivity index (χ4v) is 3.50. The van der Waals surface area contributed by atoms with Gasteiger partial charge in [-0.25, -0.2) is 4.79 Å². The van der Waals surface area contributed by atoms with Gasteiger partial charge in [-0.2, -0.15) is 0 Å². The van der Waals surface area contributed by atoms with E-state index < -0.39 is 16.8 Å². The zero-order valence-corrected chi connectivity index (χ0v) is 16.0. The van der Waals surface area contributed by atoms with E-state index in [1.54, 1.807) is 30.3 Å². The Hall–Kier alpha value is -4.13. The summed E-state index contributed by atoms with van der Waals surface area (Å²) in [5.74, 6) is -0.637. The molecule has 5 aromatic rings. The summed E-state index contributed by atoms with van der Waals surface area (Å²) in [4.78, 5) is 38.5. The van der Waals surface area contributed by atoms with E-state index in [-0.39, 0.29) is 33.5 Å². The number of benzene rings is 2. The number of carbonyl (C=O) groups excluding carboxylic acids is 1. The molecule has 2 aromatic carbocycles. The quantitative estimate of drug-likeness (QED) is 0.329. The Morgan fingerprint density at radius 2 is 1.73 bits per heavy atom. The minimum atomic E-state index is -0.921. The SMILES string of the molecule is COc1cc(C)cc2oc3oc(=O)c(C(=O)c4cc5ccccc5o4)cc3c(=O)c12. The van der Waals surface area contributed by atoms with E-state index in [1.165, 1.54) is 19.2 Å². The number of ether oxygens (including phenoxy) is 1. The molecule has 0 aliphatic rings. The maximum atomic E-state index is 13.1. The van der Waals surface area contributed by atoms with E-state index in [9.17, 15) is 14.4 Å². The second kappa shape index (κ2) is 6.45. The van der Waals surface area contributed by atoms with Crippen molar-refractivity contribution < 1.29 is 22.8 Å². The van der Waals surface area contributed by atoms with Gasteiger partial charge < -0.3 is 18.0 Å². The first-order chi connectivity index (χ1) is 14.5. The van der Waals surface area contributed by atoms with Crippen LogP contribution in [0.2, 0.25) is 0 Å². The van der Waals surface area contributed by atoms with E-state index in [4.69, 9.17) is 18.0 Å². The highest BCUT2D eigenvalue weighted by atomic mass is 16.5. The van der Waals surface area contributed by atoms with Crippen LogP contribution < -0.4 is 15.8 Å². The summed E-state index contributed by atoms with van der Waals surface area (Å²) in [6.45, 7) is 1.82. The predicted molar refractivity (Wildman–Crippen MR) is 109 cm³/mol. The van der Waals surface area contributed by atoms with Crippen molar-refractivity contribution in [2.45, 2.75) is 6.92 Å². The molecular weight excluding hydrogens is 388 g/mol. The number of aryl methyl sites for hydroxylation is 1. The Kier molecular flexibility index (Phi) is 3.86. The Morgan fingerprint density at radius 1 is 0.933 bits per heavy atom. The second-order valence-electron chi connectivity index (χ2n) is 6.90. The molecule has 0 bridgehead atoms. The summed E-state index contributed by atoms with van der Waals surface area (Å²) < 4.78 is 21.7. The molecule has 0 amide bonds. The van der Waals surface area contributed by atoms with Gasteiger partial charge in [0, 0.05) is 5.39 Å². The Morgan fingerprint density at radius 3 is 2.50 bits per heavy atom. The van der Waals surface area contributed by atoms with Gasteiger partial charge in [-0.15, -0.1) is 0 Å². The summed E-state index contributed by atoms with van der Waals surface area (Å²) in [6, 6.07) is 13.1. The number of fused-ring (bicyclic) bond motifs is 3. The monoisotopic (exact) mass is 402 g/mol. The number of ketones is 1. The predicted octanol–water partition coefficient (Wildman–Crippen LogP) is 4.19. The Labute approximate surface area is 168 Å². The van der Waals surface area contributed by atoms with Crippen LogP contribution in [-0.4, -0.2) is 12.9 Å². The van der Waals surface area contributed by atoms with Crippen LogP contribution in [0.4, 0.5) is 0 Å². The average molecular weight is 402 g/mol. The Bertz CT molecular complexity index is 1560. The van der Waals surface area contributed by atoms with E-state index in [2.05, 4.69) is 0 Å². The molecule has 7 nitrogen and oxygen atoms in total. The highest BCUT2D eigenvalue weighted by Gasteiger charge is 2.23. The zero-order chi connectivity index (χ0) is 21.0. The lowest BCUT2D eigenvalue weighted by molar-refractivity contribution is 0.101. The van der Waals surface area contributed by atoms with Crippen molar-refractivity contribution in [3.8, 4) is 5.75 Å². The van der Waals surface area contributed by atoms with Gasteiger partial charge in [-0.1, -0.05) is 18.2 Å². The minimum Gasteiger partial charge on any atom is -0.496 e. The highest BCUT2D eigenvalue weighted by Crippen LogP contribution is 2.28. The first-order valence-corrected chi connectivity index (χ1v) is 9.09. The van der Waals surface area contributed by atoms with Crippen LogP contribution in [-0.2, 0) is 0 Å². The summed E-state index contributed by atoms with van der Waals surface area (Å²) in [5, 5.41) is 0.881. The van der Waals surface area contributed by atoms with Gasteiger partial charge in [0.25, 0.3) is 0 Å². The molecule has 3 aromatic heterocycles. The molecule has 0 atom stereocenters. The number of methoxy groups -OCH3 is 1. The van der Waals surface area contributed by atoms with Gasteiger partial charge in [0.05, 0.1) is 7.11 Å². The van der Waals surface area contributed by atoms with E-state index >= 15 is 0 Å². The average Bonchev–Trinajstić information content (AvgIpc) is 3.16. The third kappa shape index (κ3) is 2.63. The normalized spacial score (nSPS) is 11.4. The summed E-state index contributed by atoms with van der Waals surface area (Å²) in [5.41, 5.74) is -0.166. The van der Waals surface area contributed by atoms with Crippen molar-refractivity contribution >= 4 is 38.9 Å². The molecule has 0 saturated heterocycles. The van der Waals surface area contributed by atoms with Crippen molar-refractivity contribution in [2.24, 2.45) is 0 Å². The summed E-state index contributed by atoms with van der Waals surface area (Å²) >= 11 is 0. The molecular formula is C23H14O7. The molecule has 0 aliphatic carbocycles. The lowest BCUT2D eigenvalue weighted by Crippen LogP contribution is -2.16. The first kappa shape index (κ1) is 17.9. The largest absolute Gasteiger partial charge is 0.496 e. The van der Waals surface area contributed by atoms with Crippen molar-refractivity contribution in [3.63, 3.8) is 0 Å². The van der Waals surface area contributed by atoms with Crippen LogP contribution in [0.25, 0.3) is 33.1 Å². The lowest BCUT2D eigenvalue weighted by Gasteiger charge is -2.07. The Balaban J connectivity index is 1.76. The standard InChI is InChI=1S/C23H14O7/c1-11-7-16(27-2)19-17(8-11)29-23-14(21(19)25)10-13(22(26)30-23)20(24)18-9-12-5-3-4-6-15(12)28-18/h3-10H,1-2H3. The molecule has 0 radical (unpaired) electrons. The van der Waals surface area contributed by atoms with Crippen LogP contribution in [0, 0.1) is 6.92 Å². The number of furan rings is 1. The topological polar surface area (TPSA) is 99.9 Å². The number of para-hydroxylation sites is 1. The van der Waals surface area contributed by atoms with Crippen LogP contribution >= 0.6 is 0 Å². The van der Waals surface area contributed by atoms with Crippen molar-refractivity contribution in [3.05, 3.63) is 86.1 Å². The van der Waals surface area contributed by atoms with Gasteiger partial charge >= 0.3 is 11.4 Å². The van der Waals surface area contributed by atoms with Crippen molar-refractivity contribution in [1.29, 1.82) is 0 Å². The van der Waals surface area contributed by atoms with Crippen LogP contribution in [0.5, 0.6) is 5.75 Å². The molecule has 3 heterocycles. The fraction of sp³-hybridized carbons (Fsp3) is 0.0870. The zero-order valence-electron chi connectivity index (χ0n) is 16.0. The molecule has 0 aliphatic heterocycles. The number of hydrogen-bond donors (Lipinski definition) is 0. The van der Waals surface area contributed by atoms with E-state index in [1.807, 2.05) is 13.0 Å². The number of hydrogen-bond acceptors (Lipinski definition) is 7. The molecule has 0 spiro atoms. The van der Waals surface area contributed by atoms with Gasteiger partial charge in [0.1, 0.15) is 33.3 Å². The fourth-order valence-electron chi connectivity index (χ4n) is 3.50.